The van der Waals surface area contributed by atoms with Gasteiger partial charge in [0.05, 0.1) is 5.56 Å². The van der Waals surface area contributed by atoms with Crippen molar-refractivity contribution < 1.29 is 19.4 Å². The van der Waals surface area contributed by atoms with Gasteiger partial charge < -0.3 is 19.4 Å². The van der Waals surface area contributed by atoms with Crippen LogP contribution in [0.3, 0.4) is 0 Å². The van der Waals surface area contributed by atoms with Crippen molar-refractivity contribution >= 4 is 11.0 Å². The van der Waals surface area contributed by atoms with Gasteiger partial charge in [0.15, 0.2) is 0 Å². The van der Waals surface area contributed by atoms with E-state index in [1.807, 2.05) is 13.8 Å². The highest BCUT2D eigenvalue weighted by atomic mass is 16.5. The summed E-state index contributed by atoms with van der Waals surface area (Å²) < 4.78 is 11.7. The van der Waals surface area contributed by atoms with Crippen LogP contribution in [-0.2, 0) is 6.42 Å². The van der Waals surface area contributed by atoms with Gasteiger partial charge in [-0.2, -0.15) is 0 Å². The average Bonchev–Trinajstić information content (AvgIpc) is 2.55. The minimum absolute atomic E-state index is 0.116. The Morgan fingerprint density at radius 2 is 1.84 bits per heavy atom. The van der Waals surface area contributed by atoms with Gasteiger partial charge >= 0.3 is 0 Å². The molecule has 0 saturated heterocycles. The van der Waals surface area contributed by atoms with Gasteiger partial charge in [0.2, 0.25) is 5.43 Å². The van der Waals surface area contributed by atoms with E-state index in [2.05, 4.69) is 0 Å². The Morgan fingerprint density at radius 1 is 1.12 bits per heavy atom. The second-order valence-corrected chi connectivity index (χ2v) is 6.96. The molecule has 0 fully saturated rings. The van der Waals surface area contributed by atoms with Crippen LogP contribution >= 0.6 is 0 Å². The number of aryl methyl sites for hydroxylation is 1. The second-order valence-electron chi connectivity index (χ2n) is 6.96. The summed E-state index contributed by atoms with van der Waals surface area (Å²) in [5, 5.41) is 20.0. The maximum absolute atomic E-state index is 12.9. The molecule has 128 valence electrons. The lowest BCUT2D eigenvalue weighted by Gasteiger charge is -2.32. The van der Waals surface area contributed by atoms with Crippen LogP contribution in [0, 0.1) is 0 Å². The van der Waals surface area contributed by atoms with E-state index in [4.69, 9.17) is 9.15 Å². The first-order valence-electron chi connectivity index (χ1n) is 8.14. The molecule has 5 heteroatoms. The molecule has 1 aromatic heterocycles. The van der Waals surface area contributed by atoms with E-state index in [1.54, 1.807) is 12.1 Å². The fraction of sp³-hybridized carbons (Fsp3) is 0.250. The van der Waals surface area contributed by atoms with Gasteiger partial charge in [-0.15, -0.1) is 0 Å². The predicted molar refractivity (Wildman–Crippen MR) is 94.3 cm³/mol. The fourth-order valence-corrected chi connectivity index (χ4v) is 3.26. The van der Waals surface area contributed by atoms with E-state index < -0.39 is 0 Å². The first kappa shape index (κ1) is 15.6. The molecule has 0 atom stereocenters. The molecule has 0 unspecified atom stereocenters. The van der Waals surface area contributed by atoms with Crippen LogP contribution in [0.5, 0.6) is 17.2 Å². The quantitative estimate of drug-likeness (QED) is 0.702. The van der Waals surface area contributed by atoms with Crippen LogP contribution in [-0.4, -0.2) is 15.8 Å². The fourth-order valence-electron chi connectivity index (χ4n) is 3.26. The maximum Gasteiger partial charge on any atom is 0.204 e. The normalized spacial score (nSPS) is 15.6. The lowest BCUT2D eigenvalue weighted by Crippen LogP contribution is -2.32. The van der Waals surface area contributed by atoms with Gasteiger partial charge in [0, 0.05) is 11.6 Å². The lowest BCUT2D eigenvalue weighted by molar-refractivity contribution is 0.0846. The molecule has 0 aliphatic carbocycles. The van der Waals surface area contributed by atoms with Gasteiger partial charge in [0.1, 0.15) is 40.1 Å². The van der Waals surface area contributed by atoms with Gasteiger partial charge in [-0.1, -0.05) is 12.1 Å². The zero-order valence-electron chi connectivity index (χ0n) is 14.0. The first-order chi connectivity index (χ1) is 11.9. The van der Waals surface area contributed by atoms with Gasteiger partial charge in [0.25, 0.3) is 0 Å². The third-order valence-electron chi connectivity index (χ3n) is 4.63. The van der Waals surface area contributed by atoms with E-state index in [-0.39, 0.29) is 27.9 Å². The Labute approximate surface area is 144 Å². The van der Waals surface area contributed by atoms with Crippen molar-refractivity contribution in [2.24, 2.45) is 0 Å². The minimum atomic E-state index is -0.320. The number of hydrogen-bond donors (Lipinski definition) is 2. The zero-order chi connectivity index (χ0) is 17.8. The van der Waals surface area contributed by atoms with Crippen molar-refractivity contribution in [3.8, 4) is 28.4 Å². The Kier molecular flexibility index (Phi) is 3.29. The van der Waals surface area contributed by atoms with Crippen molar-refractivity contribution in [3.63, 3.8) is 0 Å². The van der Waals surface area contributed by atoms with Gasteiger partial charge in [-0.25, -0.2) is 0 Å². The summed E-state index contributed by atoms with van der Waals surface area (Å²) in [5.41, 5.74) is 1.50. The molecule has 4 rings (SSSR count). The Hall–Kier alpha value is -2.95. The second kappa shape index (κ2) is 5.28. The van der Waals surface area contributed by atoms with Gasteiger partial charge in [-0.05, 0) is 44.4 Å². The minimum Gasteiger partial charge on any atom is -0.508 e. The SMILES string of the molecule is CC1(C)CCc2c(cc(O)c3c(=O)c(-c4ccc(O)cc4)coc23)O1. The van der Waals surface area contributed by atoms with Crippen LogP contribution in [0.4, 0.5) is 0 Å². The van der Waals surface area contributed by atoms with Crippen molar-refractivity contribution in [1.29, 1.82) is 0 Å². The molecule has 25 heavy (non-hydrogen) atoms. The van der Waals surface area contributed by atoms with E-state index in [0.717, 1.165) is 12.0 Å². The molecule has 1 aliphatic heterocycles. The highest BCUT2D eigenvalue weighted by Crippen LogP contribution is 2.41. The third kappa shape index (κ3) is 2.52. The van der Waals surface area contributed by atoms with Crippen molar-refractivity contribution in [3.05, 3.63) is 52.4 Å². The molecule has 2 N–H and O–H groups in total. The smallest absolute Gasteiger partial charge is 0.204 e. The van der Waals surface area contributed by atoms with Crippen LogP contribution in [0.25, 0.3) is 22.1 Å². The van der Waals surface area contributed by atoms with E-state index in [1.165, 1.54) is 24.5 Å². The highest BCUT2D eigenvalue weighted by Gasteiger charge is 2.30. The number of phenolic OH excluding ortho intramolecular Hbond substituents is 2. The molecule has 0 radical (unpaired) electrons. The van der Waals surface area contributed by atoms with Crippen molar-refractivity contribution in [1.82, 2.24) is 0 Å². The summed E-state index contributed by atoms with van der Waals surface area (Å²) in [6.45, 7) is 3.97. The van der Waals surface area contributed by atoms with Crippen molar-refractivity contribution in [2.45, 2.75) is 32.3 Å². The number of aromatic hydroxyl groups is 2. The number of ether oxygens (including phenoxy) is 1. The Bertz CT molecular complexity index is 1030. The lowest BCUT2D eigenvalue weighted by atomic mass is 9.92. The third-order valence-corrected chi connectivity index (χ3v) is 4.63. The zero-order valence-corrected chi connectivity index (χ0v) is 14.0. The maximum atomic E-state index is 12.9. The summed E-state index contributed by atoms with van der Waals surface area (Å²) in [6, 6.07) is 7.77. The molecule has 0 spiro atoms. The standard InChI is InChI=1S/C20H18O5/c1-20(2)8-7-13-16(25-20)9-15(22)17-18(23)14(10-24-19(13)17)11-3-5-12(21)6-4-11/h3-6,9-10,21-22H,7-8H2,1-2H3. The van der Waals surface area contributed by atoms with Gasteiger partial charge in [-0.3, -0.25) is 4.79 Å². The topological polar surface area (TPSA) is 79.9 Å². The molecule has 0 bridgehead atoms. The van der Waals surface area contributed by atoms with Crippen molar-refractivity contribution in [2.75, 3.05) is 0 Å². The van der Waals surface area contributed by atoms with E-state index >= 15 is 0 Å². The molecule has 5 nitrogen and oxygen atoms in total. The predicted octanol–water partition coefficient (Wildman–Crippen LogP) is 3.97. The highest BCUT2D eigenvalue weighted by molar-refractivity contribution is 5.91. The molecular weight excluding hydrogens is 320 g/mol. The molecule has 3 aromatic rings. The van der Waals surface area contributed by atoms with Crippen LogP contribution < -0.4 is 10.2 Å². The number of phenols is 2. The number of rotatable bonds is 1. The summed E-state index contributed by atoms with van der Waals surface area (Å²) in [6.07, 6.45) is 2.90. The van der Waals surface area contributed by atoms with E-state index in [0.29, 0.717) is 28.9 Å². The first-order valence-corrected chi connectivity index (χ1v) is 8.14. The number of hydrogen-bond acceptors (Lipinski definition) is 5. The Morgan fingerprint density at radius 3 is 2.56 bits per heavy atom. The molecule has 0 amide bonds. The summed E-state index contributed by atoms with van der Waals surface area (Å²) >= 11 is 0. The number of benzene rings is 2. The molecule has 0 saturated carbocycles. The molecule has 1 aliphatic rings. The molecule has 2 aromatic carbocycles. The summed E-state index contributed by atoms with van der Waals surface area (Å²) in [7, 11) is 0. The van der Waals surface area contributed by atoms with Crippen LogP contribution in [0.2, 0.25) is 0 Å². The Balaban J connectivity index is 1.95. The largest absolute Gasteiger partial charge is 0.508 e. The van der Waals surface area contributed by atoms with E-state index in [9.17, 15) is 15.0 Å². The summed E-state index contributed by atoms with van der Waals surface area (Å²) in [4.78, 5) is 12.9. The van der Waals surface area contributed by atoms with Crippen LogP contribution in [0.15, 0.2) is 45.8 Å². The monoisotopic (exact) mass is 338 g/mol. The van der Waals surface area contributed by atoms with Crippen LogP contribution in [0.1, 0.15) is 25.8 Å². The summed E-state index contributed by atoms with van der Waals surface area (Å²) in [5.74, 6) is 0.521. The average molecular weight is 338 g/mol. The molecule has 2 heterocycles. The molecular formula is C20H18O5. The number of fused-ring (bicyclic) bond motifs is 3.